The van der Waals surface area contributed by atoms with Crippen LogP contribution in [-0.2, 0) is 4.79 Å². The zero-order valence-corrected chi connectivity index (χ0v) is 11.6. The largest absolute Gasteiger partial charge is 0.349 e. The highest BCUT2D eigenvalue weighted by Crippen LogP contribution is 2.35. The molecule has 0 aromatic heterocycles. The Morgan fingerprint density at radius 3 is 2.53 bits per heavy atom. The second-order valence-corrected chi connectivity index (χ2v) is 5.68. The molecular weight excluding hydrogens is 236 g/mol. The van der Waals surface area contributed by atoms with Crippen LogP contribution in [0, 0.1) is 5.92 Å². The zero-order chi connectivity index (χ0) is 13.7. The second kappa shape index (κ2) is 6.71. The van der Waals surface area contributed by atoms with Gasteiger partial charge in [-0.15, -0.1) is 0 Å². The molecule has 3 heteroatoms. The molecule has 0 saturated heterocycles. The van der Waals surface area contributed by atoms with Gasteiger partial charge in [-0.05, 0) is 31.2 Å². The lowest BCUT2D eigenvalue weighted by Gasteiger charge is -2.25. The first-order chi connectivity index (χ1) is 9.16. The van der Waals surface area contributed by atoms with Crippen molar-refractivity contribution < 1.29 is 4.79 Å². The molecule has 3 nitrogen and oxygen atoms in total. The minimum Gasteiger partial charge on any atom is -0.349 e. The van der Waals surface area contributed by atoms with E-state index in [9.17, 15) is 4.79 Å². The van der Waals surface area contributed by atoms with Crippen LogP contribution in [0.2, 0.25) is 0 Å². The molecule has 0 aliphatic heterocycles. The molecule has 0 radical (unpaired) electrons. The van der Waals surface area contributed by atoms with Crippen LogP contribution < -0.4 is 11.1 Å². The minimum absolute atomic E-state index is 0.0655. The summed E-state index contributed by atoms with van der Waals surface area (Å²) in [6.45, 7) is 1.87. The third-order valence-electron chi connectivity index (χ3n) is 3.85. The number of benzene rings is 1. The molecule has 1 aliphatic carbocycles. The third kappa shape index (κ3) is 4.06. The van der Waals surface area contributed by atoms with Gasteiger partial charge < -0.3 is 11.1 Å². The molecule has 104 valence electrons. The van der Waals surface area contributed by atoms with Crippen molar-refractivity contribution >= 4 is 5.91 Å². The summed E-state index contributed by atoms with van der Waals surface area (Å²) in [6, 6.07) is 10.4. The van der Waals surface area contributed by atoms with E-state index in [2.05, 4.69) is 17.4 Å². The highest BCUT2D eigenvalue weighted by atomic mass is 16.1. The van der Waals surface area contributed by atoms with Crippen molar-refractivity contribution in [3.8, 4) is 0 Å². The minimum atomic E-state index is -0.0833. The summed E-state index contributed by atoms with van der Waals surface area (Å²) in [5.74, 6) is 0.634. The van der Waals surface area contributed by atoms with E-state index in [-0.39, 0.29) is 18.0 Å². The number of nitrogens with two attached hydrogens (primary N) is 1. The van der Waals surface area contributed by atoms with Crippen LogP contribution in [0.5, 0.6) is 0 Å². The molecule has 1 fully saturated rings. The molecule has 1 amide bonds. The van der Waals surface area contributed by atoms with Gasteiger partial charge in [0.25, 0.3) is 0 Å². The van der Waals surface area contributed by atoms with E-state index in [1.54, 1.807) is 0 Å². The van der Waals surface area contributed by atoms with E-state index in [1.807, 2.05) is 25.1 Å². The Kier molecular flexibility index (Phi) is 4.97. The number of hydrogen-bond acceptors (Lipinski definition) is 2. The first-order valence-electron chi connectivity index (χ1n) is 7.26. The zero-order valence-electron chi connectivity index (χ0n) is 11.6. The average molecular weight is 260 g/mol. The summed E-state index contributed by atoms with van der Waals surface area (Å²) in [5, 5.41) is 3.19. The molecule has 2 unspecified atom stereocenters. The van der Waals surface area contributed by atoms with Gasteiger partial charge in [-0.3, -0.25) is 4.79 Å². The molecule has 2 rings (SSSR count). The lowest BCUT2D eigenvalue weighted by atomic mass is 9.91. The van der Waals surface area contributed by atoms with Gasteiger partial charge in [-0.25, -0.2) is 0 Å². The van der Waals surface area contributed by atoms with Crippen LogP contribution in [0.15, 0.2) is 30.3 Å². The van der Waals surface area contributed by atoms with E-state index >= 15 is 0 Å². The first kappa shape index (κ1) is 14.1. The molecule has 0 spiro atoms. The standard InChI is InChI=1S/C16H24N2O/c1-12(17)11-15(19)18-16(14-9-5-6-10-14)13-7-3-2-4-8-13/h2-4,7-8,12,14,16H,5-6,9-11,17H2,1H3,(H,18,19). The summed E-state index contributed by atoms with van der Waals surface area (Å²) >= 11 is 0. The van der Waals surface area contributed by atoms with Crippen molar-refractivity contribution in [3.05, 3.63) is 35.9 Å². The molecule has 2 atom stereocenters. The Hall–Kier alpha value is -1.35. The van der Waals surface area contributed by atoms with Gasteiger partial charge in [-0.2, -0.15) is 0 Å². The Balaban J connectivity index is 2.08. The Labute approximate surface area is 115 Å². The van der Waals surface area contributed by atoms with E-state index in [0.717, 1.165) is 0 Å². The monoisotopic (exact) mass is 260 g/mol. The Bertz CT molecular complexity index is 396. The van der Waals surface area contributed by atoms with Crippen LogP contribution in [0.4, 0.5) is 0 Å². The molecule has 1 aliphatic rings. The summed E-state index contributed by atoms with van der Waals surface area (Å²) < 4.78 is 0. The van der Waals surface area contributed by atoms with Gasteiger partial charge in [-0.1, -0.05) is 43.2 Å². The fourth-order valence-electron chi connectivity index (χ4n) is 2.95. The summed E-state index contributed by atoms with van der Waals surface area (Å²) in [5.41, 5.74) is 6.92. The van der Waals surface area contributed by atoms with Crippen LogP contribution in [0.25, 0.3) is 0 Å². The van der Waals surface area contributed by atoms with Crippen molar-refractivity contribution in [3.63, 3.8) is 0 Å². The predicted octanol–water partition coefficient (Wildman–Crippen LogP) is 2.77. The number of carbonyl (C=O) groups excluding carboxylic acids is 1. The van der Waals surface area contributed by atoms with E-state index < -0.39 is 0 Å². The summed E-state index contributed by atoms with van der Waals surface area (Å²) in [4.78, 5) is 12.0. The van der Waals surface area contributed by atoms with E-state index in [4.69, 9.17) is 5.73 Å². The van der Waals surface area contributed by atoms with Crippen LogP contribution >= 0.6 is 0 Å². The third-order valence-corrected chi connectivity index (χ3v) is 3.85. The fraction of sp³-hybridized carbons (Fsp3) is 0.562. The predicted molar refractivity (Wildman–Crippen MR) is 77.6 cm³/mol. The second-order valence-electron chi connectivity index (χ2n) is 5.68. The maximum atomic E-state index is 12.0. The maximum Gasteiger partial charge on any atom is 0.222 e. The molecule has 3 N–H and O–H groups in total. The SMILES string of the molecule is CC(N)CC(=O)NC(c1ccccc1)C1CCCC1. The molecule has 0 bridgehead atoms. The van der Waals surface area contributed by atoms with E-state index in [0.29, 0.717) is 12.3 Å². The van der Waals surface area contributed by atoms with Crippen LogP contribution in [0.1, 0.15) is 50.6 Å². The van der Waals surface area contributed by atoms with Crippen molar-refractivity contribution in [2.75, 3.05) is 0 Å². The molecule has 19 heavy (non-hydrogen) atoms. The molecule has 0 heterocycles. The smallest absolute Gasteiger partial charge is 0.222 e. The highest BCUT2D eigenvalue weighted by Gasteiger charge is 2.27. The van der Waals surface area contributed by atoms with Gasteiger partial charge >= 0.3 is 0 Å². The summed E-state index contributed by atoms with van der Waals surface area (Å²) in [7, 11) is 0. The van der Waals surface area contributed by atoms with Gasteiger partial charge in [0.2, 0.25) is 5.91 Å². The average Bonchev–Trinajstić information content (AvgIpc) is 2.90. The van der Waals surface area contributed by atoms with Gasteiger partial charge in [0.05, 0.1) is 6.04 Å². The lowest BCUT2D eigenvalue weighted by molar-refractivity contribution is -0.122. The topological polar surface area (TPSA) is 55.1 Å². The molecular formula is C16H24N2O. The Morgan fingerprint density at radius 1 is 1.32 bits per heavy atom. The normalized spacial score (nSPS) is 19.1. The van der Waals surface area contributed by atoms with E-state index in [1.165, 1.54) is 31.2 Å². The molecule has 1 aromatic carbocycles. The first-order valence-corrected chi connectivity index (χ1v) is 7.26. The van der Waals surface area contributed by atoms with Gasteiger partial charge in [0.15, 0.2) is 0 Å². The maximum absolute atomic E-state index is 12.0. The quantitative estimate of drug-likeness (QED) is 0.855. The van der Waals surface area contributed by atoms with Crippen molar-refractivity contribution in [1.29, 1.82) is 0 Å². The van der Waals surface area contributed by atoms with Crippen molar-refractivity contribution in [1.82, 2.24) is 5.32 Å². The number of amides is 1. The van der Waals surface area contributed by atoms with Crippen LogP contribution in [0.3, 0.4) is 0 Å². The lowest BCUT2D eigenvalue weighted by Crippen LogP contribution is -2.35. The number of nitrogens with one attached hydrogen (secondary N) is 1. The van der Waals surface area contributed by atoms with Gasteiger partial charge in [0.1, 0.15) is 0 Å². The van der Waals surface area contributed by atoms with Crippen molar-refractivity contribution in [2.45, 2.75) is 51.1 Å². The van der Waals surface area contributed by atoms with Crippen LogP contribution in [-0.4, -0.2) is 11.9 Å². The fourth-order valence-corrected chi connectivity index (χ4v) is 2.95. The Morgan fingerprint density at radius 2 is 1.95 bits per heavy atom. The van der Waals surface area contributed by atoms with Crippen molar-refractivity contribution in [2.24, 2.45) is 11.7 Å². The summed E-state index contributed by atoms with van der Waals surface area (Å²) in [6.07, 6.45) is 5.36. The number of carbonyl (C=O) groups is 1. The molecule has 1 saturated carbocycles. The highest BCUT2D eigenvalue weighted by molar-refractivity contribution is 5.77. The number of rotatable bonds is 5. The molecule has 1 aromatic rings. The van der Waals surface area contributed by atoms with Gasteiger partial charge in [0, 0.05) is 12.5 Å². The number of hydrogen-bond donors (Lipinski definition) is 2.